The van der Waals surface area contributed by atoms with Crippen LogP contribution in [0.15, 0.2) is 22.5 Å². The first-order valence-corrected chi connectivity index (χ1v) is 10.1. The lowest BCUT2D eigenvalue weighted by Crippen LogP contribution is -2.18. The van der Waals surface area contributed by atoms with E-state index in [1.807, 2.05) is 32.0 Å². The molecule has 0 unspecified atom stereocenters. The van der Waals surface area contributed by atoms with Gasteiger partial charge in [0.25, 0.3) is 0 Å². The Morgan fingerprint density at radius 2 is 2.16 bits per heavy atom. The number of anilines is 2. The second kappa shape index (κ2) is 8.64. The summed E-state index contributed by atoms with van der Waals surface area (Å²) in [6, 6.07) is 5.97. The molecule has 1 amide bonds. The number of ether oxygens (including phenoxy) is 1. The van der Waals surface area contributed by atoms with E-state index < -0.39 is 0 Å². The van der Waals surface area contributed by atoms with Gasteiger partial charge in [-0.1, -0.05) is 41.3 Å². The van der Waals surface area contributed by atoms with Crippen molar-refractivity contribution in [2.24, 2.45) is 0 Å². The Morgan fingerprint density at radius 1 is 1.36 bits per heavy atom. The number of aromatic nitrogens is 2. The van der Waals surface area contributed by atoms with Crippen LogP contribution in [0.1, 0.15) is 24.0 Å². The van der Waals surface area contributed by atoms with Gasteiger partial charge in [0, 0.05) is 18.8 Å². The minimum atomic E-state index is -0.0357. The molecule has 1 aliphatic rings. The van der Waals surface area contributed by atoms with Gasteiger partial charge in [-0.2, -0.15) is 0 Å². The zero-order chi connectivity index (χ0) is 17.6. The summed E-state index contributed by atoms with van der Waals surface area (Å²) in [5.74, 6) is 0.278. The standard InChI is InChI=1S/C17H22N4O2S2/c1-11-5-3-6-12(2)15(11)19-14(22)10-24-17-21-20-16(25-17)18-9-13-7-4-8-23-13/h3,5-6,13H,4,7-10H2,1-2H3,(H,18,20)(H,19,22)/t13-/m0/s1. The number of aryl methyl sites for hydroxylation is 2. The Kier molecular flexibility index (Phi) is 6.28. The van der Waals surface area contributed by atoms with Gasteiger partial charge in [-0.15, -0.1) is 10.2 Å². The van der Waals surface area contributed by atoms with Gasteiger partial charge in [0.2, 0.25) is 11.0 Å². The summed E-state index contributed by atoms with van der Waals surface area (Å²) in [5, 5.41) is 15.2. The molecule has 1 saturated heterocycles. The molecular formula is C17H22N4O2S2. The first-order valence-electron chi connectivity index (χ1n) is 8.29. The Hall–Kier alpha value is -1.64. The van der Waals surface area contributed by atoms with Crippen molar-refractivity contribution in [3.05, 3.63) is 29.3 Å². The third-order valence-corrected chi connectivity index (χ3v) is 6.00. The summed E-state index contributed by atoms with van der Waals surface area (Å²) in [4.78, 5) is 12.2. The summed E-state index contributed by atoms with van der Waals surface area (Å²) in [6.45, 7) is 5.59. The largest absolute Gasteiger partial charge is 0.376 e. The molecule has 1 aliphatic heterocycles. The van der Waals surface area contributed by atoms with Crippen molar-refractivity contribution in [2.45, 2.75) is 37.1 Å². The number of hydrogen-bond acceptors (Lipinski definition) is 7. The third kappa shape index (κ3) is 5.17. The van der Waals surface area contributed by atoms with Gasteiger partial charge in [0.05, 0.1) is 11.9 Å². The van der Waals surface area contributed by atoms with E-state index in [1.165, 1.54) is 23.1 Å². The molecule has 1 aromatic heterocycles. The Balaban J connectivity index is 1.46. The van der Waals surface area contributed by atoms with Crippen molar-refractivity contribution in [1.29, 1.82) is 0 Å². The molecule has 25 heavy (non-hydrogen) atoms. The monoisotopic (exact) mass is 378 g/mol. The lowest BCUT2D eigenvalue weighted by atomic mass is 10.1. The maximum Gasteiger partial charge on any atom is 0.234 e. The van der Waals surface area contributed by atoms with E-state index in [0.717, 1.165) is 52.3 Å². The second-order valence-corrected chi connectivity index (χ2v) is 8.19. The molecule has 1 aromatic carbocycles. The summed E-state index contributed by atoms with van der Waals surface area (Å²) in [5.41, 5.74) is 3.02. The fourth-order valence-electron chi connectivity index (χ4n) is 2.66. The molecule has 2 aromatic rings. The van der Waals surface area contributed by atoms with E-state index in [1.54, 1.807) is 0 Å². The average molecular weight is 379 g/mol. The van der Waals surface area contributed by atoms with Crippen molar-refractivity contribution >= 4 is 39.8 Å². The highest BCUT2D eigenvalue weighted by molar-refractivity contribution is 8.01. The zero-order valence-electron chi connectivity index (χ0n) is 14.4. The van der Waals surface area contributed by atoms with Gasteiger partial charge in [-0.3, -0.25) is 4.79 Å². The Morgan fingerprint density at radius 3 is 2.88 bits per heavy atom. The SMILES string of the molecule is Cc1cccc(C)c1NC(=O)CSc1nnc(NC[C@@H]2CCCO2)s1. The average Bonchev–Trinajstić information content (AvgIpc) is 3.26. The highest BCUT2D eigenvalue weighted by Gasteiger charge is 2.16. The van der Waals surface area contributed by atoms with Crippen molar-refractivity contribution < 1.29 is 9.53 Å². The van der Waals surface area contributed by atoms with E-state index in [-0.39, 0.29) is 12.0 Å². The van der Waals surface area contributed by atoms with Crippen LogP contribution in [0.5, 0.6) is 0 Å². The maximum absolute atomic E-state index is 12.2. The van der Waals surface area contributed by atoms with Gasteiger partial charge >= 0.3 is 0 Å². The quantitative estimate of drug-likeness (QED) is 0.719. The summed E-state index contributed by atoms with van der Waals surface area (Å²) < 4.78 is 6.36. The fraction of sp³-hybridized carbons (Fsp3) is 0.471. The van der Waals surface area contributed by atoms with Crippen LogP contribution in [0.4, 0.5) is 10.8 Å². The second-order valence-electron chi connectivity index (χ2n) is 5.99. The Bertz CT molecular complexity index is 709. The number of nitrogens with one attached hydrogen (secondary N) is 2. The van der Waals surface area contributed by atoms with Crippen molar-refractivity contribution in [2.75, 3.05) is 29.5 Å². The van der Waals surface area contributed by atoms with E-state index in [2.05, 4.69) is 20.8 Å². The number of rotatable bonds is 7. The van der Waals surface area contributed by atoms with Crippen LogP contribution in [0.3, 0.4) is 0 Å². The first kappa shape index (κ1) is 18.2. The molecule has 1 fully saturated rings. The van der Waals surface area contributed by atoms with Gasteiger partial charge in [-0.25, -0.2) is 0 Å². The highest BCUT2D eigenvalue weighted by Crippen LogP contribution is 2.26. The van der Waals surface area contributed by atoms with Crippen LogP contribution in [0.25, 0.3) is 0 Å². The van der Waals surface area contributed by atoms with E-state index >= 15 is 0 Å². The van der Waals surface area contributed by atoms with Crippen LogP contribution in [-0.4, -0.2) is 41.1 Å². The number of benzene rings is 1. The molecule has 134 valence electrons. The summed E-state index contributed by atoms with van der Waals surface area (Å²) >= 11 is 2.86. The van der Waals surface area contributed by atoms with Gasteiger partial charge in [0.1, 0.15) is 0 Å². The number of nitrogens with zero attached hydrogens (tertiary/aromatic N) is 2. The van der Waals surface area contributed by atoms with Crippen LogP contribution in [0.2, 0.25) is 0 Å². The molecule has 8 heteroatoms. The number of para-hydroxylation sites is 1. The predicted molar refractivity (Wildman–Crippen MR) is 103 cm³/mol. The smallest absolute Gasteiger partial charge is 0.234 e. The van der Waals surface area contributed by atoms with Crippen LogP contribution < -0.4 is 10.6 Å². The molecular weight excluding hydrogens is 356 g/mol. The number of thioether (sulfide) groups is 1. The zero-order valence-corrected chi connectivity index (χ0v) is 16.0. The molecule has 0 bridgehead atoms. The minimum Gasteiger partial charge on any atom is -0.376 e. The van der Waals surface area contributed by atoms with Crippen LogP contribution >= 0.6 is 23.1 Å². The first-order chi connectivity index (χ1) is 12.1. The van der Waals surface area contributed by atoms with Crippen molar-refractivity contribution in [1.82, 2.24) is 10.2 Å². The van der Waals surface area contributed by atoms with Gasteiger partial charge in [0.15, 0.2) is 4.34 Å². The number of amides is 1. The molecule has 0 spiro atoms. The molecule has 2 N–H and O–H groups in total. The number of carbonyl (C=O) groups is 1. The minimum absolute atomic E-state index is 0.0357. The normalized spacial score (nSPS) is 16.8. The molecule has 3 rings (SSSR count). The van der Waals surface area contributed by atoms with Gasteiger partial charge < -0.3 is 15.4 Å². The molecule has 2 heterocycles. The highest BCUT2D eigenvalue weighted by atomic mass is 32.2. The van der Waals surface area contributed by atoms with Crippen LogP contribution in [-0.2, 0) is 9.53 Å². The molecule has 0 radical (unpaired) electrons. The molecule has 0 aliphatic carbocycles. The number of carbonyl (C=O) groups excluding carboxylic acids is 1. The van der Waals surface area contributed by atoms with Crippen molar-refractivity contribution in [3.63, 3.8) is 0 Å². The topological polar surface area (TPSA) is 76.1 Å². The molecule has 1 atom stereocenters. The Labute approximate surface area is 155 Å². The van der Waals surface area contributed by atoms with Gasteiger partial charge in [-0.05, 0) is 37.8 Å². The lowest BCUT2D eigenvalue weighted by molar-refractivity contribution is -0.113. The van der Waals surface area contributed by atoms with E-state index in [0.29, 0.717) is 5.75 Å². The summed E-state index contributed by atoms with van der Waals surface area (Å²) in [6.07, 6.45) is 2.48. The maximum atomic E-state index is 12.2. The summed E-state index contributed by atoms with van der Waals surface area (Å²) in [7, 11) is 0. The predicted octanol–water partition coefficient (Wildman–Crippen LogP) is 3.48. The molecule has 6 nitrogen and oxygen atoms in total. The number of hydrogen-bond donors (Lipinski definition) is 2. The van der Waals surface area contributed by atoms with Crippen molar-refractivity contribution in [3.8, 4) is 0 Å². The van der Waals surface area contributed by atoms with E-state index in [4.69, 9.17) is 4.74 Å². The lowest BCUT2D eigenvalue weighted by Gasteiger charge is -2.10. The third-order valence-electron chi connectivity index (χ3n) is 3.98. The van der Waals surface area contributed by atoms with Crippen LogP contribution in [0, 0.1) is 13.8 Å². The fourth-order valence-corrected chi connectivity index (χ4v) is 4.22. The molecule has 0 saturated carbocycles. The van der Waals surface area contributed by atoms with E-state index in [9.17, 15) is 4.79 Å².